The molecule has 0 bridgehead atoms. The maximum Gasteiger partial charge on any atom is 0.0206 e. The minimum Gasteiger partial charge on any atom is -0.311 e. The highest BCUT2D eigenvalue weighted by molar-refractivity contribution is 5.14. The lowest BCUT2D eigenvalue weighted by Gasteiger charge is -2.36. The van der Waals surface area contributed by atoms with Gasteiger partial charge >= 0.3 is 0 Å². The molecule has 1 aromatic carbocycles. The molecule has 1 aliphatic heterocycles. The average Bonchev–Trinajstić information content (AvgIpc) is 2.40. The molecule has 1 atom stereocenters. The molecule has 0 saturated carbocycles. The lowest BCUT2D eigenvalue weighted by molar-refractivity contribution is 0.118. The first-order valence-corrected chi connectivity index (χ1v) is 6.93. The second-order valence-corrected chi connectivity index (χ2v) is 5.30. The molecule has 1 saturated heterocycles. The number of likely N-dealkylation sites (N-methyl/N-ethyl adjacent to an activating group) is 1. The summed E-state index contributed by atoms with van der Waals surface area (Å²) in [4.78, 5) is 4.98. The second-order valence-electron chi connectivity index (χ2n) is 5.30. The van der Waals surface area contributed by atoms with Crippen molar-refractivity contribution in [1.29, 1.82) is 0 Å². The molecule has 1 N–H and O–H groups in total. The van der Waals surface area contributed by atoms with Gasteiger partial charge in [0.1, 0.15) is 0 Å². The Kier molecular flexibility index (Phi) is 5.17. The van der Waals surface area contributed by atoms with Crippen molar-refractivity contribution in [3.8, 4) is 0 Å². The Balaban J connectivity index is 1.67. The Labute approximate surface area is 111 Å². The fraction of sp³-hybridized carbons (Fsp3) is 0.600. The molecule has 0 aliphatic carbocycles. The maximum atomic E-state index is 3.55. The van der Waals surface area contributed by atoms with Crippen LogP contribution in [0.5, 0.6) is 0 Å². The molecule has 1 fully saturated rings. The van der Waals surface area contributed by atoms with E-state index in [9.17, 15) is 0 Å². The molecule has 0 spiro atoms. The highest BCUT2D eigenvalue weighted by Gasteiger charge is 2.18. The first kappa shape index (κ1) is 13.5. The van der Waals surface area contributed by atoms with Gasteiger partial charge in [0.15, 0.2) is 0 Å². The summed E-state index contributed by atoms with van der Waals surface area (Å²) in [6.45, 7) is 9.16. The molecule has 3 nitrogen and oxygen atoms in total. The van der Waals surface area contributed by atoms with Crippen LogP contribution in [0.15, 0.2) is 30.3 Å². The van der Waals surface area contributed by atoms with E-state index >= 15 is 0 Å². The summed E-state index contributed by atoms with van der Waals surface area (Å²) in [5, 5.41) is 3.55. The average molecular weight is 247 g/mol. The topological polar surface area (TPSA) is 18.5 Å². The quantitative estimate of drug-likeness (QED) is 0.849. The van der Waals surface area contributed by atoms with Crippen LogP contribution in [-0.2, 0) is 6.54 Å². The van der Waals surface area contributed by atoms with Crippen molar-refractivity contribution in [2.24, 2.45) is 0 Å². The van der Waals surface area contributed by atoms with Crippen LogP contribution in [0.25, 0.3) is 0 Å². The van der Waals surface area contributed by atoms with E-state index in [1.54, 1.807) is 0 Å². The van der Waals surface area contributed by atoms with Crippen molar-refractivity contribution in [3.63, 3.8) is 0 Å². The van der Waals surface area contributed by atoms with Crippen molar-refractivity contribution in [1.82, 2.24) is 15.1 Å². The van der Waals surface area contributed by atoms with Crippen molar-refractivity contribution in [3.05, 3.63) is 35.9 Å². The van der Waals surface area contributed by atoms with E-state index < -0.39 is 0 Å². The van der Waals surface area contributed by atoms with Crippen LogP contribution in [0.3, 0.4) is 0 Å². The molecular formula is C15H25N3. The number of nitrogens with zero attached hydrogens (tertiary/aromatic N) is 2. The molecular weight excluding hydrogens is 222 g/mol. The van der Waals surface area contributed by atoms with E-state index in [1.165, 1.54) is 31.7 Å². The van der Waals surface area contributed by atoms with E-state index in [0.29, 0.717) is 6.04 Å². The number of rotatable bonds is 5. The summed E-state index contributed by atoms with van der Waals surface area (Å²) in [6, 6.07) is 11.2. The molecule has 1 unspecified atom stereocenters. The summed E-state index contributed by atoms with van der Waals surface area (Å²) in [6.07, 6.45) is 0. The fourth-order valence-corrected chi connectivity index (χ4v) is 2.41. The summed E-state index contributed by atoms with van der Waals surface area (Å²) in [7, 11) is 2.20. The highest BCUT2D eigenvalue weighted by Crippen LogP contribution is 2.04. The van der Waals surface area contributed by atoms with Crippen molar-refractivity contribution < 1.29 is 0 Å². The third-order valence-corrected chi connectivity index (χ3v) is 3.77. The Hall–Kier alpha value is -0.900. The largest absolute Gasteiger partial charge is 0.311 e. The van der Waals surface area contributed by atoms with Gasteiger partial charge in [-0.3, -0.25) is 4.90 Å². The lowest BCUT2D eigenvalue weighted by Crippen LogP contribution is -2.50. The summed E-state index contributed by atoms with van der Waals surface area (Å²) >= 11 is 0. The first-order chi connectivity index (χ1) is 8.75. The lowest BCUT2D eigenvalue weighted by atomic mass is 10.2. The Morgan fingerprint density at radius 1 is 1.11 bits per heavy atom. The Morgan fingerprint density at radius 2 is 1.78 bits per heavy atom. The van der Waals surface area contributed by atoms with Crippen LogP contribution in [-0.4, -0.2) is 55.6 Å². The molecule has 2 rings (SSSR count). The fourth-order valence-electron chi connectivity index (χ4n) is 2.41. The van der Waals surface area contributed by atoms with E-state index in [4.69, 9.17) is 0 Å². The summed E-state index contributed by atoms with van der Waals surface area (Å²) < 4.78 is 0. The highest BCUT2D eigenvalue weighted by atomic mass is 15.3. The molecule has 1 aromatic rings. The molecule has 0 radical (unpaired) electrons. The Morgan fingerprint density at radius 3 is 2.44 bits per heavy atom. The van der Waals surface area contributed by atoms with Gasteiger partial charge in [-0.25, -0.2) is 0 Å². The van der Waals surface area contributed by atoms with Gasteiger partial charge in [-0.2, -0.15) is 0 Å². The van der Waals surface area contributed by atoms with Crippen molar-refractivity contribution >= 4 is 0 Å². The van der Waals surface area contributed by atoms with Crippen LogP contribution >= 0.6 is 0 Å². The van der Waals surface area contributed by atoms with Gasteiger partial charge in [0, 0.05) is 45.3 Å². The van der Waals surface area contributed by atoms with Gasteiger partial charge in [-0.15, -0.1) is 0 Å². The van der Waals surface area contributed by atoms with Gasteiger partial charge in [0.25, 0.3) is 0 Å². The number of hydrogen-bond acceptors (Lipinski definition) is 3. The zero-order valence-electron chi connectivity index (χ0n) is 11.6. The number of hydrogen-bond donors (Lipinski definition) is 1. The predicted molar refractivity (Wildman–Crippen MR) is 76.7 cm³/mol. The van der Waals surface area contributed by atoms with Crippen molar-refractivity contribution in [2.45, 2.75) is 19.5 Å². The molecule has 1 aliphatic rings. The van der Waals surface area contributed by atoms with E-state index in [1.807, 2.05) is 0 Å². The second kappa shape index (κ2) is 6.88. The molecule has 18 heavy (non-hydrogen) atoms. The molecule has 0 amide bonds. The molecule has 1 heterocycles. The Bertz CT molecular complexity index is 331. The van der Waals surface area contributed by atoms with Crippen molar-refractivity contribution in [2.75, 3.05) is 39.8 Å². The van der Waals surface area contributed by atoms with Crippen LogP contribution in [0.2, 0.25) is 0 Å². The van der Waals surface area contributed by atoms with E-state index in [-0.39, 0.29) is 0 Å². The zero-order valence-corrected chi connectivity index (χ0v) is 11.6. The van der Waals surface area contributed by atoms with Crippen LogP contribution in [0.1, 0.15) is 12.5 Å². The van der Waals surface area contributed by atoms with Crippen LogP contribution in [0.4, 0.5) is 0 Å². The smallest absolute Gasteiger partial charge is 0.0206 e. The SMILES string of the molecule is CC(CNCc1ccccc1)N1CCN(C)CC1. The predicted octanol–water partition coefficient (Wildman–Crippen LogP) is 1.41. The summed E-state index contributed by atoms with van der Waals surface area (Å²) in [5.74, 6) is 0. The third kappa shape index (κ3) is 4.09. The van der Waals surface area contributed by atoms with Gasteiger partial charge in [0.2, 0.25) is 0 Å². The molecule has 0 aromatic heterocycles. The van der Waals surface area contributed by atoms with Gasteiger partial charge in [0.05, 0.1) is 0 Å². The monoisotopic (exact) mass is 247 g/mol. The molecule has 100 valence electrons. The summed E-state index contributed by atoms with van der Waals surface area (Å²) in [5.41, 5.74) is 1.36. The first-order valence-electron chi connectivity index (χ1n) is 6.93. The van der Waals surface area contributed by atoms with E-state index in [0.717, 1.165) is 13.1 Å². The number of piperazine rings is 1. The minimum atomic E-state index is 0.627. The molecule has 3 heteroatoms. The van der Waals surface area contributed by atoms with E-state index in [2.05, 4.69) is 59.4 Å². The number of benzene rings is 1. The minimum absolute atomic E-state index is 0.627. The normalized spacial score (nSPS) is 19.9. The zero-order chi connectivity index (χ0) is 12.8. The standard InChI is InChI=1S/C15H25N3/c1-14(18-10-8-17(2)9-11-18)12-16-13-15-6-4-3-5-7-15/h3-7,14,16H,8-13H2,1-2H3. The van der Waals surface area contributed by atoms with Crippen LogP contribution in [0, 0.1) is 0 Å². The number of nitrogens with one attached hydrogen (secondary N) is 1. The van der Waals surface area contributed by atoms with Gasteiger partial charge in [-0.1, -0.05) is 30.3 Å². The van der Waals surface area contributed by atoms with Crippen LogP contribution < -0.4 is 5.32 Å². The maximum absolute atomic E-state index is 3.55. The third-order valence-electron chi connectivity index (χ3n) is 3.77. The van der Waals surface area contributed by atoms with Gasteiger partial charge < -0.3 is 10.2 Å². The van der Waals surface area contributed by atoms with Gasteiger partial charge in [-0.05, 0) is 19.5 Å².